The number of halogens is 1. The minimum Gasteiger partial charge on any atom is -0.496 e. The number of nitrogens with zero attached hydrogens (tertiary/aromatic N) is 1. The van der Waals surface area contributed by atoms with Crippen molar-refractivity contribution in [3.63, 3.8) is 0 Å². The van der Waals surface area contributed by atoms with Gasteiger partial charge in [-0.05, 0) is 45.3 Å². The summed E-state index contributed by atoms with van der Waals surface area (Å²) in [4.78, 5) is 14.4. The first kappa shape index (κ1) is 16.7. The van der Waals surface area contributed by atoms with Gasteiger partial charge in [0.2, 0.25) is 5.91 Å². The Hall–Kier alpha value is -1.62. The normalized spacial score (nSPS) is 16.5. The first-order valence-electron chi connectivity index (χ1n) is 7.93. The second-order valence-corrected chi connectivity index (χ2v) is 5.86. The van der Waals surface area contributed by atoms with Crippen molar-refractivity contribution in [1.29, 1.82) is 0 Å². The van der Waals surface area contributed by atoms with Gasteiger partial charge in [-0.1, -0.05) is 6.07 Å². The lowest BCUT2D eigenvalue weighted by atomic mass is 10.1. The molecule has 0 saturated carbocycles. The zero-order chi connectivity index (χ0) is 15.9. The second-order valence-electron chi connectivity index (χ2n) is 5.86. The lowest BCUT2D eigenvalue weighted by molar-refractivity contribution is -0.121. The van der Waals surface area contributed by atoms with Crippen LogP contribution in [-0.4, -0.2) is 37.0 Å². The molecular weight excluding hydrogens is 283 g/mol. The molecule has 1 amide bonds. The van der Waals surface area contributed by atoms with E-state index in [4.69, 9.17) is 4.74 Å². The molecule has 1 fully saturated rings. The number of methoxy groups -OCH3 is 1. The Morgan fingerprint density at radius 2 is 2.14 bits per heavy atom. The smallest absolute Gasteiger partial charge is 0.220 e. The second kappa shape index (κ2) is 8.13. The Balaban J connectivity index is 1.75. The van der Waals surface area contributed by atoms with Crippen molar-refractivity contribution in [3.05, 3.63) is 29.6 Å². The van der Waals surface area contributed by atoms with E-state index in [9.17, 15) is 9.18 Å². The summed E-state index contributed by atoms with van der Waals surface area (Å²) in [5.41, 5.74) is 0.782. The maximum absolute atomic E-state index is 13.1. The zero-order valence-electron chi connectivity index (χ0n) is 13.4. The number of hydrogen-bond acceptors (Lipinski definition) is 3. The molecular formula is C17H25FN2O2. The van der Waals surface area contributed by atoms with E-state index < -0.39 is 0 Å². The summed E-state index contributed by atoms with van der Waals surface area (Å²) in [5, 5.41) is 2.88. The lowest BCUT2D eigenvalue weighted by Gasteiger charge is -2.23. The Labute approximate surface area is 131 Å². The summed E-state index contributed by atoms with van der Waals surface area (Å²) >= 11 is 0. The highest BCUT2D eigenvalue weighted by molar-refractivity contribution is 5.75. The number of benzene rings is 1. The van der Waals surface area contributed by atoms with Crippen molar-refractivity contribution in [3.8, 4) is 5.75 Å². The van der Waals surface area contributed by atoms with Crippen LogP contribution in [0.1, 0.15) is 38.2 Å². The van der Waals surface area contributed by atoms with Crippen LogP contribution in [0.15, 0.2) is 18.2 Å². The van der Waals surface area contributed by atoms with Gasteiger partial charge in [0, 0.05) is 30.6 Å². The van der Waals surface area contributed by atoms with Gasteiger partial charge in [0.25, 0.3) is 0 Å². The number of carbonyl (C=O) groups excluding carboxylic acids is 1. The highest BCUT2D eigenvalue weighted by Gasteiger charge is 2.18. The van der Waals surface area contributed by atoms with Crippen LogP contribution in [0.5, 0.6) is 5.75 Å². The fraction of sp³-hybridized carbons (Fsp3) is 0.588. The molecule has 1 N–H and O–H groups in total. The molecule has 0 unspecified atom stereocenters. The molecule has 1 heterocycles. The van der Waals surface area contributed by atoms with Gasteiger partial charge in [0.1, 0.15) is 11.6 Å². The molecule has 0 aliphatic carbocycles. The van der Waals surface area contributed by atoms with Crippen molar-refractivity contribution >= 4 is 5.91 Å². The summed E-state index contributed by atoms with van der Waals surface area (Å²) < 4.78 is 18.2. The molecule has 5 heteroatoms. The third-order valence-electron chi connectivity index (χ3n) is 4.28. The molecule has 0 bridgehead atoms. The molecule has 0 aromatic heterocycles. The van der Waals surface area contributed by atoms with Crippen LogP contribution < -0.4 is 10.1 Å². The summed E-state index contributed by atoms with van der Waals surface area (Å²) in [6, 6.07) is 4.80. The average molecular weight is 308 g/mol. The third kappa shape index (κ3) is 4.70. The van der Waals surface area contributed by atoms with Crippen LogP contribution in [0, 0.1) is 5.82 Å². The van der Waals surface area contributed by atoms with Crippen molar-refractivity contribution in [2.45, 2.75) is 45.2 Å². The molecule has 0 spiro atoms. The maximum Gasteiger partial charge on any atom is 0.220 e. The Bertz CT molecular complexity index is 501. The van der Waals surface area contributed by atoms with Gasteiger partial charge in [-0.2, -0.15) is 0 Å². The van der Waals surface area contributed by atoms with E-state index in [2.05, 4.69) is 17.1 Å². The van der Waals surface area contributed by atoms with Crippen LogP contribution in [-0.2, 0) is 11.3 Å². The van der Waals surface area contributed by atoms with E-state index in [1.54, 1.807) is 6.07 Å². The largest absolute Gasteiger partial charge is 0.496 e. The topological polar surface area (TPSA) is 41.6 Å². The van der Waals surface area contributed by atoms with Crippen molar-refractivity contribution < 1.29 is 13.9 Å². The number of nitrogens with one attached hydrogen (secondary N) is 1. The van der Waals surface area contributed by atoms with Crippen LogP contribution >= 0.6 is 0 Å². The van der Waals surface area contributed by atoms with Gasteiger partial charge in [0.05, 0.1) is 7.11 Å². The summed E-state index contributed by atoms with van der Waals surface area (Å²) in [5.74, 6) is 0.148. The zero-order valence-corrected chi connectivity index (χ0v) is 13.4. The molecule has 4 nitrogen and oxygen atoms in total. The molecule has 1 atom stereocenters. The Kier molecular flexibility index (Phi) is 6.19. The van der Waals surface area contributed by atoms with Crippen LogP contribution in [0.3, 0.4) is 0 Å². The van der Waals surface area contributed by atoms with Crippen LogP contribution in [0.25, 0.3) is 0 Å². The predicted molar refractivity (Wildman–Crippen MR) is 84.3 cm³/mol. The Morgan fingerprint density at radius 1 is 1.41 bits per heavy atom. The fourth-order valence-corrected chi connectivity index (χ4v) is 2.85. The molecule has 1 aromatic carbocycles. The number of rotatable bonds is 7. The predicted octanol–water partition coefficient (Wildman–Crippen LogP) is 2.72. The first-order chi connectivity index (χ1) is 10.6. The van der Waals surface area contributed by atoms with E-state index >= 15 is 0 Å². The quantitative estimate of drug-likeness (QED) is 0.842. The molecule has 1 saturated heterocycles. The minimum absolute atomic E-state index is 0.0254. The molecule has 1 aliphatic rings. The molecule has 1 aliphatic heterocycles. The first-order valence-corrected chi connectivity index (χ1v) is 7.93. The summed E-state index contributed by atoms with van der Waals surface area (Å²) in [6.45, 7) is 4.84. The van der Waals surface area contributed by atoms with E-state index in [0.717, 1.165) is 25.1 Å². The van der Waals surface area contributed by atoms with Crippen molar-refractivity contribution in [1.82, 2.24) is 10.2 Å². The SMILES string of the molecule is COc1cc(F)ccc1CNC(=O)CC[C@@H](C)N1CCCC1. The van der Waals surface area contributed by atoms with Gasteiger partial charge in [-0.15, -0.1) is 0 Å². The molecule has 0 radical (unpaired) electrons. The number of ether oxygens (including phenoxy) is 1. The van der Waals surface area contributed by atoms with E-state index in [1.165, 1.54) is 32.1 Å². The molecule has 2 rings (SSSR count). The third-order valence-corrected chi connectivity index (χ3v) is 4.28. The summed E-state index contributed by atoms with van der Waals surface area (Å²) in [7, 11) is 1.50. The van der Waals surface area contributed by atoms with Crippen LogP contribution in [0.4, 0.5) is 4.39 Å². The van der Waals surface area contributed by atoms with E-state index in [-0.39, 0.29) is 11.7 Å². The number of hydrogen-bond donors (Lipinski definition) is 1. The van der Waals surface area contributed by atoms with Crippen molar-refractivity contribution in [2.24, 2.45) is 0 Å². The fourth-order valence-electron chi connectivity index (χ4n) is 2.85. The standard InChI is InChI=1S/C17H25FN2O2/c1-13(20-9-3-4-10-20)5-8-17(21)19-12-14-6-7-15(18)11-16(14)22-2/h6-7,11,13H,3-5,8-10,12H2,1-2H3,(H,19,21)/t13-/m1/s1. The molecule has 122 valence electrons. The van der Waals surface area contributed by atoms with Gasteiger partial charge < -0.3 is 15.0 Å². The van der Waals surface area contributed by atoms with Gasteiger partial charge in [-0.3, -0.25) is 4.79 Å². The van der Waals surface area contributed by atoms with Crippen molar-refractivity contribution in [2.75, 3.05) is 20.2 Å². The number of likely N-dealkylation sites (tertiary alicyclic amines) is 1. The van der Waals surface area contributed by atoms with Gasteiger partial charge in [0.15, 0.2) is 0 Å². The summed E-state index contributed by atoms with van der Waals surface area (Å²) in [6.07, 6.45) is 3.91. The molecule has 22 heavy (non-hydrogen) atoms. The lowest BCUT2D eigenvalue weighted by Crippen LogP contribution is -2.32. The number of amides is 1. The van der Waals surface area contributed by atoms with Gasteiger partial charge >= 0.3 is 0 Å². The maximum atomic E-state index is 13.1. The number of carbonyl (C=O) groups is 1. The highest BCUT2D eigenvalue weighted by atomic mass is 19.1. The van der Waals surface area contributed by atoms with Gasteiger partial charge in [-0.25, -0.2) is 4.39 Å². The highest BCUT2D eigenvalue weighted by Crippen LogP contribution is 2.19. The monoisotopic (exact) mass is 308 g/mol. The minimum atomic E-state index is -0.341. The molecule has 1 aromatic rings. The van der Waals surface area contributed by atoms with E-state index in [1.807, 2.05) is 0 Å². The average Bonchev–Trinajstić information content (AvgIpc) is 3.05. The van der Waals surface area contributed by atoms with Crippen LogP contribution in [0.2, 0.25) is 0 Å². The van der Waals surface area contributed by atoms with E-state index in [0.29, 0.717) is 24.8 Å². The Morgan fingerprint density at radius 3 is 2.82 bits per heavy atom.